The minimum atomic E-state index is -0.798. The van der Waals surface area contributed by atoms with E-state index in [0.717, 1.165) is 38.2 Å². The maximum Gasteiger partial charge on any atom is 0.322 e. The molecular formula is C18H25N3O3. The Bertz CT molecular complexity index is 616. The minimum absolute atomic E-state index is 0.122. The van der Waals surface area contributed by atoms with Gasteiger partial charge in [-0.3, -0.25) is 15.0 Å². The molecule has 0 saturated carbocycles. The van der Waals surface area contributed by atoms with Crippen LogP contribution >= 0.6 is 0 Å². The maximum atomic E-state index is 12.1. The van der Waals surface area contributed by atoms with Crippen molar-refractivity contribution in [2.75, 3.05) is 26.2 Å². The second kappa shape index (κ2) is 6.81. The van der Waals surface area contributed by atoms with Gasteiger partial charge in [0.25, 0.3) is 5.91 Å². The van der Waals surface area contributed by atoms with Crippen LogP contribution in [0.4, 0.5) is 4.79 Å². The van der Waals surface area contributed by atoms with E-state index in [0.29, 0.717) is 6.61 Å². The zero-order valence-corrected chi connectivity index (χ0v) is 14.3. The van der Waals surface area contributed by atoms with E-state index < -0.39 is 5.54 Å². The number of benzene rings is 1. The highest BCUT2D eigenvalue weighted by atomic mass is 16.5. The Morgan fingerprint density at radius 3 is 2.71 bits per heavy atom. The lowest BCUT2D eigenvalue weighted by molar-refractivity contribution is -0.126. The molecule has 2 fully saturated rings. The fraction of sp³-hybridized carbons (Fsp3) is 0.556. The largest absolute Gasteiger partial charge is 0.492 e. The summed E-state index contributed by atoms with van der Waals surface area (Å²) in [6.07, 6.45) is 1.97. The molecule has 0 radical (unpaired) electrons. The summed E-state index contributed by atoms with van der Waals surface area (Å²) in [6, 6.07) is 7.65. The van der Waals surface area contributed by atoms with Gasteiger partial charge in [-0.25, -0.2) is 4.79 Å². The highest BCUT2D eigenvalue weighted by molar-refractivity contribution is 6.06. The average Bonchev–Trinajstić information content (AvgIpc) is 2.83. The summed E-state index contributed by atoms with van der Waals surface area (Å²) in [5.74, 6) is 0.788. The number of hydrogen-bond acceptors (Lipinski definition) is 4. The van der Waals surface area contributed by atoms with Crippen LogP contribution in [0.3, 0.4) is 0 Å². The van der Waals surface area contributed by atoms with Gasteiger partial charge in [0.05, 0.1) is 0 Å². The van der Waals surface area contributed by atoms with E-state index in [9.17, 15) is 9.59 Å². The van der Waals surface area contributed by atoms with Gasteiger partial charge < -0.3 is 10.1 Å². The number of urea groups is 1. The molecule has 2 atom stereocenters. The van der Waals surface area contributed by atoms with Crippen molar-refractivity contribution in [1.82, 2.24) is 15.5 Å². The molecule has 2 aliphatic heterocycles. The number of aryl methyl sites for hydroxylation is 1. The first-order valence-electron chi connectivity index (χ1n) is 8.53. The quantitative estimate of drug-likeness (QED) is 0.806. The molecule has 6 nitrogen and oxygen atoms in total. The van der Waals surface area contributed by atoms with Crippen LogP contribution in [0.5, 0.6) is 5.75 Å². The Labute approximate surface area is 142 Å². The van der Waals surface area contributed by atoms with Crippen LogP contribution in [0.1, 0.15) is 25.3 Å². The van der Waals surface area contributed by atoms with Crippen molar-refractivity contribution < 1.29 is 14.3 Å². The lowest BCUT2D eigenvalue weighted by atomic mass is 9.80. The predicted octanol–water partition coefficient (Wildman–Crippen LogP) is 1.68. The molecule has 1 aromatic rings. The average molecular weight is 331 g/mol. The van der Waals surface area contributed by atoms with Gasteiger partial charge in [-0.05, 0) is 45.4 Å². The predicted molar refractivity (Wildman–Crippen MR) is 90.9 cm³/mol. The molecule has 0 bridgehead atoms. The van der Waals surface area contributed by atoms with E-state index >= 15 is 0 Å². The molecule has 1 aromatic carbocycles. The molecule has 2 saturated heterocycles. The van der Waals surface area contributed by atoms with Crippen LogP contribution in [0.25, 0.3) is 0 Å². The Balaban J connectivity index is 1.51. The molecule has 0 unspecified atom stereocenters. The van der Waals surface area contributed by atoms with Gasteiger partial charge in [0, 0.05) is 19.0 Å². The summed E-state index contributed by atoms with van der Waals surface area (Å²) < 4.78 is 5.80. The topological polar surface area (TPSA) is 70.7 Å². The number of imide groups is 1. The number of piperidine rings is 1. The molecule has 0 spiro atoms. The maximum absolute atomic E-state index is 12.1. The molecule has 0 aromatic heterocycles. The second-order valence-electron chi connectivity index (χ2n) is 6.91. The Morgan fingerprint density at radius 2 is 2.04 bits per heavy atom. The number of ether oxygens (including phenoxy) is 1. The lowest BCUT2D eigenvalue weighted by Gasteiger charge is -2.39. The molecule has 2 heterocycles. The van der Waals surface area contributed by atoms with Gasteiger partial charge in [0.2, 0.25) is 0 Å². The number of hydrogen-bond donors (Lipinski definition) is 2. The van der Waals surface area contributed by atoms with Crippen molar-refractivity contribution in [3.05, 3.63) is 29.8 Å². The smallest absolute Gasteiger partial charge is 0.322 e. The number of nitrogens with one attached hydrogen (secondary N) is 2. The third kappa shape index (κ3) is 3.53. The van der Waals surface area contributed by atoms with E-state index in [2.05, 4.69) is 22.5 Å². The monoisotopic (exact) mass is 331 g/mol. The first-order chi connectivity index (χ1) is 11.5. The van der Waals surface area contributed by atoms with Crippen molar-refractivity contribution >= 4 is 11.9 Å². The number of nitrogens with zero attached hydrogens (tertiary/aromatic N) is 1. The zero-order chi connectivity index (χ0) is 17.2. The SMILES string of the molecule is Cc1ccc(OCCN2CCC[C@@H]([C@]3(C)NC(=O)NC3=O)C2)cc1. The van der Waals surface area contributed by atoms with E-state index in [1.54, 1.807) is 0 Å². The van der Waals surface area contributed by atoms with Gasteiger partial charge in [-0.2, -0.15) is 0 Å². The van der Waals surface area contributed by atoms with Crippen LogP contribution in [-0.4, -0.2) is 48.6 Å². The summed E-state index contributed by atoms with van der Waals surface area (Å²) in [4.78, 5) is 25.9. The molecule has 130 valence electrons. The zero-order valence-electron chi connectivity index (χ0n) is 14.3. The summed E-state index contributed by atoms with van der Waals surface area (Å²) in [5, 5.41) is 5.16. The highest BCUT2D eigenvalue weighted by Gasteiger charge is 2.48. The summed E-state index contributed by atoms with van der Waals surface area (Å²) in [6.45, 7) is 7.10. The molecule has 3 amide bonds. The van der Waals surface area contributed by atoms with Crippen molar-refractivity contribution in [2.45, 2.75) is 32.2 Å². The minimum Gasteiger partial charge on any atom is -0.492 e. The van der Waals surface area contributed by atoms with E-state index in [-0.39, 0.29) is 17.9 Å². The van der Waals surface area contributed by atoms with E-state index in [1.165, 1.54) is 5.56 Å². The van der Waals surface area contributed by atoms with Gasteiger partial charge in [0.15, 0.2) is 0 Å². The summed E-state index contributed by atoms with van der Waals surface area (Å²) >= 11 is 0. The number of rotatable bonds is 5. The Morgan fingerprint density at radius 1 is 1.29 bits per heavy atom. The Kier molecular flexibility index (Phi) is 4.76. The van der Waals surface area contributed by atoms with E-state index in [4.69, 9.17) is 4.74 Å². The van der Waals surface area contributed by atoms with Crippen LogP contribution in [0.15, 0.2) is 24.3 Å². The standard InChI is InChI=1S/C18H25N3O3/c1-13-5-7-15(8-6-13)24-11-10-21-9-3-4-14(12-21)18(2)16(22)19-17(23)20-18/h5-8,14H,3-4,9-12H2,1-2H3,(H2,19,20,22,23)/t14-,18+/m1/s1. The molecule has 6 heteroatoms. The Hall–Kier alpha value is -2.08. The van der Waals surface area contributed by atoms with Crippen LogP contribution < -0.4 is 15.4 Å². The van der Waals surface area contributed by atoms with Gasteiger partial charge >= 0.3 is 6.03 Å². The van der Waals surface area contributed by atoms with Gasteiger partial charge in [-0.15, -0.1) is 0 Å². The normalized spacial score (nSPS) is 27.7. The van der Waals surface area contributed by atoms with Crippen LogP contribution in [0.2, 0.25) is 0 Å². The van der Waals surface area contributed by atoms with Crippen LogP contribution in [0, 0.1) is 12.8 Å². The third-order valence-electron chi connectivity index (χ3n) is 5.09. The number of carbonyl (C=O) groups excluding carboxylic acids is 2. The van der Waals surface area contributed by atoms with Gasteiger partial charge in [-0.1, -0.05) is 17.7 Å². The lowest BCUT2D eigenvalue weighted by Crippen LogP contribution is -2.56. The highest BCUT2D eigenvalue weighted by Crippen LogP contribution is 2.29. The second-order valence-corrected chi connectivity index (χ2v) is 6.91. The number of carbonyl (C=O) groups is 2. The fourth-order valence-corrected chi connectivity index (χ4v) is 3.50. The molecular weight excluding hydrogens is 306 g/mol. The van der Waals surface area contributed by atoms with Crippen molar-refractivity contribution in [3.8, 4) is 5.75 Å². The van der Waals surface area contributed by atoms with E-state index in [1.807, 2.05) is 31.2 Å². The molecule has 3 rings (SSSR count). The summed E-state index contributed by atoms with van der Waals surface area (Å²) in [7, 11) is 0. The first kappa shape index (κ1) is 16.8. The fourth-order valence-electron chi connectivity index (χ4n) is 3.50. The number of amides is 3. The van der Waals surface area contributed by atoms with Crippen LogP contribution in [-0.2, 0) is 4.79 Å². The third-order valence-corrected chi connectivity index (χ3v) is 5.09. The number of likely N-dealkylation sites (tertiary alicyclic amines) is 1. The van der Waals surface area contributed by atoms with Crippen molar-refractivity contribution in [2.24, 2.45) is 5.92 Å². The molecule has 2 aliphatic rings. The molecule has 24 heavy (non-hydrogen) atoms. The van der Waals surface area contributed by atoms with Crippen molar-refractivity contribution in [3.63, 3.8) is 0 Å². The van der Waals surface area contributed by atoms with Crippen molar-refractivity contribution in [1.29, 1.82) is 0 Å². The first-order valence-corrected chi connectivity index (χ1v) is 8.53. The molecule has 0 aliphatic carbocycles. The molecule has 2 N–H and O–H groups in total. The van der Waals surface area contributed by atoms with Gasteiger partial charge in [0.1, 0.15) is 17.9 Å². The summed E-state index contributed by atoms with van der Waals surface area (Å²) in [5.41, 5.74) is 0.416.